The maximum Gasteiger partial charge on any atom is 0.339 e. The number of rotatable bonds is 2. The number of ether oxygens (including phenoxy) is 1. The van der Waals surface area contributed by atoms with E-state index in [-0.39, 0.29) is 0 Å². The summed E-state index contributed by atoms with van der Waals surface area (Å²) in [5.41, 5.74) is 7.20. The first kappa shape index (κ1) is 11.4. The number of benzene rings is 1. The lowest BCUT2D eigenvalue weighted by atomic mass is 10.1. The van der Waals surface area contributed by atoms with Crippen LogP contribution in [0.4, 0.5) is 5.69 Å². The summed E-state index contributed by atoms with van der Waals surface area (Å²) in [5, 5.41) is 10.5. The molecule has 0 aliphatic heterocycles. The van der Waals surface area contributed by atoms with Gasteiger partial charge in [0.1, 0.15) is 5.40 Å². The topological polar surface area (TPSA) is 76.1 Å². The number of thiocyanates is 1. The van der Waals surface area contributed by atoms with Gasteiger partial charge in [0.15, 0.2) is 0 Å². The Balaban J connectivity index is 3.36. The van der Waals surface area contributed by atoms with Gasteiger partial charge in [-0.1, -0.05) is 0 Å². The SMILES string of the molecule is COC(=O)c1c(SC#N)ccc(N)c1C. The number of nitrogen functional groups attached to an aromatic ring is 1. The van der Waals surface area contributed by atoms with Crippen LogP contribution in [0.3, 0.4) is 0 Å². The number of hydrogen-bond donors (Lipinski definition) is 1. The molecule has 0 radical (unpaired) electrons. The molecule has 1 aromatic rings. The molecule has 78 valence electrons. The van der Waals surface area contributed by atoms with Crippen molar-refractivity contribution in [2.75, 3.05) is 12.8 Å². The molecule has 0 spiro atoms. The first-order chi connectivity index (χ1) is 7.11. The molecule has 15 heavy (non-hydrogen) atoms. The Morgan fingerprint density at radius 2 is 2.27 bits per heavy atom. The number of anilines is 1. The molecule has 1 aromatic carbocycles. The van der Waals surface area contributed by atoms with Crippen LogP contribution in [0.5, 0.6) is 0 Å². The van der Waals surface area contributed by atoms with Crippen molar-refractivity contribution in [3.05, 3.63) is 23.3 Å². The summed E-state index contributed by atoms with van der Waals surface area (Å²) < 4.78 is 4.64. The van der Waals surface area contributed by atoms with Gasteiger partial charge in [-0.2, -0.15) is 5.26 Å². The molecule has 0 aliphatic rings. The summed E-state index contributed by atoms with van der Waals surface area (Å²) >= 11 is 0.918. The van der Waals surface area contributed by atoms with Crippen LogP contribution < -0.4 is 5.73 Å². The van der Waals surface area contributed by atoms with Crippen LogP contribution in [0, 0.1) is 17.6 Å². The summed E-state index contributed by atoms with van der Waals surface area (Å²) in [5.74, 6) is -0.474. The Labute approximate surface area is 92.0 Å². The predicted molar refractivity (Wildman–Crippen MR) is 58.4 cm³/mol. The minimum absolute atomic E-state index is 0.365. The molecule has 1 rings (SSSR count). The monoisotopic (exact) mass is 222 g/mol. The molecule has 0 aromatic heterocycles. The molecule has 0 saturated heterocycles. The molecule has 0 bridgehead atoms. The number of nitriles is 1. The third-order valence-electron chi connectivity index (χ3n) is 2.01. The van der Waals surface area contributed by atoms with Crippen LogP contribution in [0.1, 0.15) is 15.9 Å². The highest BCUT2D eigenvalue weighted by atomic mass is 32.2. The van der Waals surface area contributed by atoms with Crippen molar-refractivity contribution in [2.24, 2.45) is 0 Å². The standard InChI is InChI=1S/C10H10N2O2S/c1-6-7(12)3-4-8(15-5-11)9(6)10(13)14-2/h3-4H,12H2,1-2H3. The summed E-state index contributed by atoms with van der Waals surface area (Å²) in [6.07, 6.45) is 0. The molecule has 0 aliphatic carbocycles. The number of carbonyl (C=O) groups is 1. The van der Waals surface area contributed by atoms with E-state index in [0.717, 1.165) is 11.8 Å². The van der Waals surface area contributed by atoms with E-state index in [1.54, 1.807) is 19.1 Å². The van der Waals surface area contributed by atoms with Crippen molar-refractivity contribution in [3.63, 3.8) is 0 Å². The molecule has 4 nitrogen and oxygen atoms in total. The fourth-order valence-electron chi connectivity index (χ4n) is 1.19. The maximum atomic E-state index is 11.5. The van der Waals surface area contributed by atoms with Gasteiger partial charge in [-0.05, 0) is 36.4 Å². The lowest BCUT2D eigenvalue weighted by Gasteiger charge is -2.09. The van der Waals surface area contributed by atoms with Gasteiger partial charge in [-0.15, -0.1) is 0 Å². The Morgan fingerprint density at radius 3 is 2.80 bits per heavy atom. The number of nitrogens with two attached hydrogens (primary N) is 1. The maximum absolute atomic E-state index is 11.5. The minimum Gasteiger partial charge on any atom is -0.465 e. The predicted octanol–water partition coefficient (Wildman–Crippen LogP) is 1.94. The van der Waals surface area contributed by atoms with Crippen molar-refractivity contribution in [1.29, 1.82) is 5.26 Å². The fourth-order valence-corrected chi connectivity index (χ4v) is 1.77. The van der Waals surface area contributed by atoms with Crippen LogP contribution in [0.15, 0.2) is 17.0 Å². The van der Waals surface area contributed by atoms with Crippen LogP contribution in [-0.2, 0) is 4.74 Å². The second kappa shape index (κ2) is 4.71. The van der Waals surface area contributed by atoms with Gasteiger partial charge < -0.3 is 10.5 Å². The number of nitrogens with zero attached hydrogens (tertiary/aromatic N) is 1. The Kier molecular flexibility index (Phi) is 3.58. The van der Waals surface area contributed by atoms with E-state index in [1.165, 1.54) is 7.11 Å². The second-order valence-electron chi connectivity index (χ2n) is 2.84. The summed E-state index contributed by atoms with van der Waals surface area (Å²) in [4.78, 5) is 12.0. The number of carbonyl (C=O) groups excluding carboxylic acids is 1. The third kappa shape index (κ3) is 2.22. The van der Waals surface area contributed by atoms with E-state index < -0.39 is 5.97 Å². The van der Waals surface area contributed by atoms with Crippen LogP contribution in [0.2, 0.25) is 0 Å². The number of esters is 1. The molecule has 0 saturated carbocycles. The third-order valence-corrected chi connectivity index (χ3v) is 2.67. The zero-order valence-electron chi connectivity index (χ0n) is 8.40. The second-order valence-corrected chi connectivity index (χ2v) is 3.66. The Bertz CT molecular complexity index is 438. The molecular weight excluding hydrogens is 212 g/mol. The van der Waals surface area contributed by atoms with Gasteiger partial charge in [-0.3, -0.25) is 0 Å². The van der Waals surface area contributed by atoms with Gasteiger partial charge in [0, 0.05) is 10.6 Å². The largest absolute Gasteiger partial charge is 0.465 e. The smallest absolute Gasteiger partial charge is 0.339 e. The highest BCUT2D eigenvalue weighted by Gasteiger charge is 2.16. The molecule has 0 amide bonds. The molecular formula is C10H10N2O2S. The Morgan fingerprint density at radius 1 is 1.60 bits per heavy atom. The molecule has 5 heteroatoms. The van der Waals surface area contributed by atoms with E-state index in [4.69, 9.17) is 11.0 Å². The lowest BCUT2D eigenvalue weighted by molar-refractivity contribution is 0.0596. The zero-order chi connectivity index (χ0) is 11.4. The van der Waals surface area contributed by atoms with Crippen molar-refractivity contribution in [3.8, 4) is 5.40 Å². The van der Waals surface area contributed by atoms with Gasteiger partial charge in [0.25, 0.3) is 0 Å². The van der Waals surface area contributed by atoms with E-state index in [0.29, 0.717) is 21.7 Å². The number of thioether (sulfide) groups is 1. The summed E-state index contributed by atoms with van der Waals surface area (Å²) in [6, 6.07) is 3.31. The summed E-state index contributed by atoms with van der Waals surface area (Å²) in [6.45, 7) is 1.73. The van der Waals surface area contributed by atoms with Crippen molar-refractivity contribution in [2.45, 2.75) is 11.8 Å². The normalized spacial score (nSPS) is 9.40. The zero-order valence-corrected chi connectivity index (χ0v) is 9.22. The first-order valence-corrected chi connectivity index (χ1v) is 4.96. The number of methoxy groups -OCH3 is 1. The van der Waals surface area contributed by atoms with Crippen molar-refractivity contribution >= 4 is 23.4 Å². The first-order valence-electron chi connectivity index (χ1n) is 4.15. The average molecular weight is 222 g/mol. The average Bonchev–Trinajstić information content (AvgIpc) is 2.23. The minimum atomic E-state index is -0.474. The van der Waals surface area contributed by atoms with Gasteiger partial charge in [0.2, 0.25) is 0 Å². The van der Waals surface area contributed by atoms with Gasteiger partial charge in [-0.25, -0.2) is 4.79 Å². The van der Waals surface area contributed by atoms with Gasteiger partial charge >= 0.3 is 5.97 Å². The van der Waals surface area contributed by atoms with Crippen LogP contribution in [-0.4, -0.2) is 13.1 Å². The quantitative estimate of drug-likeness (QED) is 0.358. The van der Waals surface area contributed by atoms with Crippen LogP contribution in [0.25, 0.3) is 0 Å². The molecule has 0 atom stereocenters. The highest BCUT2D eigenvalue weighted by molar-refractivity contribution is 8.03. The highest BCUT2D eigenvalue weighted by Crippen LogP contribution is 2.28. The van der Waals surface area contributed by atoms with E-state index in [2.05, 4.69) is 4.74 Å². The molecule has 0 fully saturated rings. The fraction of sp³-hybridized carbons (Fsp3) is 0.200. The number of hydrogen-bond acceptors (Lipinski definition) is 5. The summed E-state index contributed by atoms with van der Waals surface area (Å²) in [7, 11) is 1.30. The van der Waals surface area contributed by atoms with E-state index >= 15 is 0 Å². The molecule has 0 heterocycles. The molecule has 0 unspecified atom stereocenters. The van der Waals surface area contributed by atoms with Crippen molar-refractivity contribution < 1.29 is 9.53 Å². The van der Waals surface area contributed by atoms with E-state index in [1.807, 2.05) is 5.40 Å². The lowest BCUT2D eigenvalue weighted by Crippen LogP contribution is -2.07. The van der Waals surface area contributed by atoms with Crippen LogP contribution >= 0.6 is 11.8 Å². The molecule has 2 N–H and O–H groups in total. The van der Waals surface area contributed by atoms with Gasteiger partial charge in [0.05, 0.1) is 12.7 Å². The Hall–Kier alpha value is -1.67. The van der Waals surface area contributed by atoms with Crippen molar-refractivity contribution in [1.82, 2.24) is 0 Å². The van der Waals surface area contributed by atoms with E-state index in [9.17, 15) is 4.79 Å².